The van der Waals surface area contributed by atoms with E-state index in [-0.39, 0.29) is 19.1 Å². The summed E-state index contributed by atoms with van der Waals surface area (Å²) in [6.45, 7) is 1.83. The van der Waals surface area contributed by atoms with Crippen molar-refractivity contribution in [2.75, 3.05) is 20.3 Å². The lowest BCUT2D eigenvalue weighted by molar-refractivity contribution is -0.142. The van der Waals surface area contributed by atoms with Crippen molar-refractivity contribution in [2.45, 2.75) is 19.8 Å². The van der Waals surface area contributed by atoms with Gasteiger partial charge in [0.15, 0.2) is 18.1 Å². The highest BCUT2D eigenvalue weighted by Gasteiger charge is 2.17. The van der Waals surface area contributed by atoms with Gasteiger partial charge in [0.2, 0.25) is 0 Å². The monoisotopic (exact) mass is 295 g/mol. The molecule has 0 aliphatic rings. The maximum absolute atomic E-state index is 11.7. The Balaban J connectivity index is 2.42. The molecule has 6 heteroatoms. The number of benzene rings is 1. The van der Waals surface area contributed by atoms with Gasteiger partial charge in [-0.2, -0.15) is 0 Å². The molecule has 1 atom stereocenters. The third kappa shape index (κ3) is 5.72. The van der Waals surface area contributed by atoms with Gasteiger partial charge in [0, 0.05) is 6.54 Å². The molecule has 0 aliphatic carbocycles. The van der Waals surface area contributed by atoms with Crippen molar-refractivity contribution < 1.29 is 24.2 Å². The topological polar surface area (TPSA) is 84.9 Å². The van der Waals surface area contributed by atoms with Crippen molar-refractivity contribution in [2.24, 2.45) is 5.92 Å². The predicted molar refractivity (Wildman–Crippen MR) is 77.5 cm³/mol. The lowest BCUT2D eigenvalue weighted by atomic mass is 10.0. The Morgan fingerprint density at radius 2 is 1.95 bits per heavy atom. The third-order valence-corrected chi connectivity index (χ3v) is 2.96. The average molecular weight is 295 g/mol. The molecule has 0 aromatic heterocycles. The van der Waals surface area contributed by atoms with Crippen molar-refractivity contribution >= 4 is 11.9 Å². The van der Waals surface area contributed by atoms with Crippen LogP contribution in [0, 0.1) is 5.92 Å². The highest BCUT2D eigenvalue weighted by molar-refractivity contribution is 5.78. The van der Waals surface area contributed by atoms with Crippen LogP contribution in [-0.4, -0.2) is 37.2 Å². The summed E-state index contributed by atoms with van der Waals surface area (Å²) < 4.78 is 10.5. The SMILES string of the molecule is CCCC(CNC(=O)COc1ccccc1OC)C(=O)O. The molecule has 0 radical (unpaired) electrons. The van der Waals surface area contributed by atoms with Gasteiger partial charge in [0.25, 0.3) is 5.91 Å². The standard InChI is InChI=1S/C15H21NO5/c1-3-6-11(15(18)19)9-16-14(17)10-21-13-8-5-4-7-12(13)20-2/h4-5,7-8,11H,3,6,9-10H2,1-2H3,(H,16,17)(H,18,19). The number of para-hydroxylation sites is 2. The number of carbonyl (C=O) groups is 2. The van der Waals surface area contributed by atoms with Crippen molar-refractivity contribution in [3.63, 3.8) is 0 Å². The molecular weight excluding hydrogens is 274 g/mol. The molecule has 1 aromatic carbocycles. The average Bonchev–Trinajstić information content (AvgIpc) is 2.49. The normalized spacial score (nSPS) is 11.5. The quantitative estimate of drug-likeness (QED) is 0.724. The molecule has 1 amide bonds. The summed E-state index contributed by atoms with van der Waals surface area (Å²) in [5, 5.41) is 11.6. The number of carboxylic acids is 1. The number of rotatable bonds is 9. The minimum Gasteiger partial charge on any atom is -0.493 e. The Hall–Kier alpha value is -2.24. The van der Waals surface area contributed by atoms with E-state index in [9.17, 15) is 9.59 Å². The molecule has 116 valence electrons. The zero-order chi connectivity index (χ0) is 15.7. The molecule has 0 saturated carbocycles. The van der Waals surface area contributed by atoms with Gasteiger partial charge in [-0.05, 0) is 18.6 Å². The maximum Gasteiger partial charge on any atom is 0.308 e. The molecule has 1 rings (SSSR count). The molecule has 0 spiro atoms. The van der Waals surface area contributed by atoms with Crippen LogP contribution >= 0.6 is 0 Å². The van der Waals surface area contributed by atoms with Crippen LogP contribution in [0.15, 0.2) is 24.3 Å². The molecule has 0 saturated heterocycles. The molecule has 21 heavy (non-hydrogen) atoms. The number of hydrogen-bond donors (Lipinski definition) is 2. The number of aliphatic carboxylic acids is 1. The first-order chi connectivity index (χ1) is 10.1. The van der Waals surface area contributed by atoms with Crippen LogP contribution in [-0.2, 0) is 9.59 Å². The Labute approximate surface area is 124 Å². The van der Waals surface area contributed by atoms with E-state index in [2.05, 4.69) is 5.32 Å². The Bertz CT molecular complexity index is 475. The molecule has 1 unspecified atom stereocenters. The largest absolute Gasteiger partial charge is 0.493 e. The number of amides is 1. The van der Waals surface area contributed by atoms with E-state index >= 15 is 0 Å². The van der Waals surface area contributed by atoms with Gasteiger partial charge < -0.3 is 19.9 Å². The van der Waals surface area contributed by atoms with E-state index in [1.807, 2.05) is 6.92 Å². The number of nitrogens with one attached hydrogen (secondary N) is 1. The minimum atomic E-state index is -0.900. The predicted octanol–water partition coefficient (Wildman–Crippen LogP) is 1.69. The molecule has 0 bridgehead atoms. The second kappa shape index (κ2) is 8.84. The zero-order valence-corrected chi connectivity index (χ0v) is 12.3. The van der Waals surface area contributed by atoms with Crippen molar-refractivity contribution in [1.82, 2.24) is 5.32 Å². The van der Waals surface area contributed by atoms with Gasteiger partial charge in [-0.15, -0.1) is 0 Å². The van der Waals surface area contributed by atoms with E-state index < -0.39 is 11.9 Å². The van der Waals surface area contributed by atoms with Crippen LogP contribution in [0.4, 0.5) is 0 Å². The zero-order valence-electron chi connectivity index (χ0n) is 12.3. The van der Waals surface area contributed by atoms with E-state index in [4.69, 9.17) is 14.6 Å². The summed E-state index contributed by atoms with van der Waals surface area (Å²) in [4.78, 5) is 22.6. The molecule has 2 N–H and O–H groups in total. The van der Waals surface area contributed by atoms with Crippen LogP contribution < -0.4 is 14.8 Å². The third-order valence-electron chi connectivity index (χ3n) is 2.96. The van der Waals surface area contributed by atoms with Crippen LogP contribution in [0.25, 0.3) is 0 Å². The summed E-state index contributed by atoms with van der Waals surface area (Å²) in [5.41, 5.74) is 0. The van der Waals surface area contributed by atoms with Crippen LogP contribution in [0.1, 0.15) is 19.8 Å². The minimum absolute atomic E-state index is 0.108. The second-order valence-corrected chi connectivity index (χ2v) is 4.57. The van der Waals surface area contributed by atoms with Crippen LogP contribution in [0.2, 0.25) is 0 Å². The molecule has 0 heterocycles. The first kappa shape index (κ1) is 16.8. The molecule has 1 aromatic rings. The number of carboxylic acid groups (broad SMARTS) is 1. The van der Waals surface area contributed by atoms with E-state index in [0.29, 0.717) is 17.9 Å². The van der Waals surface area contributed by atoms with Gasteiger partial charge in [0.05, 0.1) is 13.0 Å². The van der Waals surface area contributed by atoms with E-state index in [0.717, 1.165) is 6.42 Å². The lowest BCUT2D eigenvalue weighted by Crippen LogP contribution is -2.35. The summed E-state index contributed by atoms with van der Waals surface area (Å²) in [7, 11) is 1.52. The Kier molecular flexibility index (Phi) is 7.08. The fraction of sp³-hybridized carbons (Fsp3) is 0.467. The number of carbonyl (C=O) groups excluding carboxylic acids is 1. The first-order valence-corrected chi connectivity index (χ1v) is 6.83. The van der Waals surface area contributed by atoms with Crippen LogP contribution in [0.3, 0.4) is 0 Å². The highest BCUT2D eigenvalue weighted by atomic mass is 16.5. The number of methoxy groups -OCH3 is 1. The highest BCUT2D eigenvalue weighted by Crippen LogP contribution is 2.25. The summed E-state index contributed by atoms with van der Waals surface area (Å²) in [6, 6.07) is 7.00. The smallest absolute Gasteiger partial charge is 0.308 e. The summed E-state index contributed by atoms with van der Waals surface area (Å²) in [5.74, 6) is -0.811. The maximum atomic E-state index is 11.7. The second-order valence-electron chi connectivity index (χ2n) is 4.57. The molecule has 0 aliphatic heterocycles. The van der Waals surface area contributed by atoms with Crippen molar-refractivity contribution in [3.8, 4) is 11.5 Å². The molecule has 6 nitrogen and oxygen atoms in total. The van der Waals surface area contributed by atoms with E-state index in [1.165, 1.54) is 7.11 Å². The Morgan fingerprint density at radius 1 is 1.29 bits per heavy atom. The molecule has 0 fully saturated rings. The van der Waals surface area contributed by atoms with Gasteiger partial charge in [0.1, 0.15) is 0 Å². The summed E-state index contributed by atoms with van der Waals surface area (Å²) in [6.07, 6.45) is 1.29. The van der Waals surface area contributed by atoms with Gasteiger partial charge in [-0.3, -0.25) is 9.59 Å². The van der Waals surface area contributed by atoms with Gasteiger partial charge in [-0.1, -0.05) is 25.5 Å². The fourth-order valence-corrected chi connectivity index (χ4v) is 1.83. The summed E-state index contributed by atoms with van der Waals surface area (Å²) >= 11 is 0. The van der Waals surface area contributed by atoms with Crippen LogP contribution in [0.5, 0.6) is 11.5 Å². The number of ether oxygens (including phenoxy) is 2. The van der Waals surface area contributed by atoms with Crippen molar-refractivity contribution in [3.05, 3.63) is 24.3 Å². The Morgan fingerprint density at radius 3 is 2.52 bits per heavy atom. The van der Waals surface area contributed by atoms with Gasteiger partial charge in [-0.25, -0.2) is 0 Å². The van der Waals surface area contributed by atoms with Gasteiger partial charge >= 0.3 is 5.97 Å². The van der Waals surface area contributed by atoms with Crippen molar-refractivity contribution in [1.29, 1.82) is 0 Å². The van der Waals surface area contributed by atoms with E-state index in [1.54, 1.807) is 24.3 Å². The first-order valence-electron chi connectivity index (χ1n) is 6.83. The number of hydrogen-bond acceptors (Lipinski definition) is 4. The lowest BCUT2D eigenvalue weighted by Gasteiger charge is -2.13. The fourth-order valence-electron chi connectivity index (χ4n) is 1.83. The molecular formula is C15H21NO5.